The van der Waals surface area contributed by atoms with Gasteiger partial charge in [0, 0.05) is 19.3 Å². The van der Waals surface area contributed by atoms with E-state index in [1.54, 1.807) is 0 Å². The van der Waals surface area contributed by atoms with Gasteiger partial charge in [-0.25, -0.2) is 13.2 Å². The van der Waals surface area contributed by atoms with E-state index in [0.29, 0.717) is 13.1 Å². The first kappa shape index (κ1) is 13.2. The molecule has 0 aromatic carbocycles. The Balaban J connectivity index is 3.85. The van der Waals surface area contributed by atoms with E-state index in [0.717, 1.165) is 6.26 Å². The average Bonchev–Trinajstić information content (AvgIpc) is 2.04. The first-order valence-electron chi connectivity index (χ1n) is 4.50. The zero-order valence-electron chi connectivity index (χ0n) is 8.82. The van der Waals surface area contributed by atoms with Gasteiger partial charge in [0.15, 0.2) is 9.84 Å². The van der Waals surface area contributed by atoms with Crippen molar-refractivity contribution in [3.8, 4) is 0 Å². The summed E-state index contributed by atoms with van der Waals surface area (Å²) in [7, 11) is -3.05. The molecular weight excluding hydrogens is 206 g/mol. The summed E-state index contributed by atoms with van der Waals surface area (Å²) in [6, 6.07) is 0. The van der Waals surface area contributed by atoms with Crippen molar-refractivity contribution in [1.82, 2.24) is 4.90 Å². The average molecular weight is 223 g/mol. The van der Waals surface area contributed by atoms with E-state index < -0.39 is 15.9 Å². The van der Waals surface area contributed by atoms with Crippen LogP contribution in [0.15, 0.2) is 0 Å². The minimum atomic E-state index is -3.05. The quantitative estimate of drug-likeness (QED) is 0.681. The van der Waals surface area contributed by atoms with Crippen LogP contribution in [0.5, 0.6) is 0 Å². The van der Waals surface area contributed by atoms with E-state index in [1.165, 1.54) is 4.90 Å². The van der Waals surface area contributed by atoms with Crippen molar-refractivity contribution in [2.24, 2.45) is 0 Å². The molecule has 0 saturated carbocycles. The summed E-state index contributed by atoms with van der Waals surface area (Å²) in [5.41, 5.74) is 0. The highest BCUT2D eigenvalue weighted by Gasteiger charge is 2.11. The molecule has 0 bridgehead atoms. The summed E-state index contributed by atoms with van der Waals surface area (Å²) in [6.07, 6.45) is 0.650. The first-order chi connectivity index (χ1) is 6.40. The molecule has 0 unspecified atom stereocenters. The summed E-state index contributed by atoms with van der Waals surface area (Å²) >= 11 is 0. The summed E-state index contributed by atoms with van der Waals surface area (Å²) in [5.74, 6) is -0.125. The topological polar surface area (TPSA) is 63.7 Å². The molecule has 0 rings (SSSR count). The molecule has 0 aliphatic heterocycles. The smallest absolute Gasteiger partial charge is 0.409 e. The summed E-state index contributed by atoms with van der Waals surface area (Å²) in [4.78, 5) is 12.7. The van der Waals surface area contributed by atoms with Crippen LogP contribution in [0, 0.1) is 0 Å². The lowest BCUT2D eigenvalue weighted by Gasteiger charge is -2.17. The number of sulfone groups is 1. The van der Waals surface area contributed by atoms with E-state index in [2.05, 4.69) is 0 Å². The van der Waals surface area contributed by atoms with Gasteiger partial charge in [-0.3, -0.25) is 0 Å². The molecule has 0 fully saturated rings. The molecule has 0 aliphatic rings. The molecule has 0 saturated heterocycles. The number of carbonyl (C=O) groups is 1. The number of rotatable bonds is 5. The molecule has 0 spiro atoms. The SMILES string of the molecule is CCN(CC)C(=O)OCCS(C)(=O)=O. The van der Waals surface area contributed by atoms with Crippen LogP contribution in [0.3, 0.4) is 0 Å². The number of ether oxygens (including phenoxy) is 1. The zero-order chi connectivity index (χ0) is 11.2. The fraction of sp³-hybridized carbons (Fsp3) is 0.875. The molecule has 6 heteroatoms. The third-order valence-electron chi connectivity index (χ3n) is 1.70. The third kappa shape index (κ3) is 5.80. The Labute approximate surface area is 85.0 Å². The number of hydrogen-bond acceptors (Lipinski definition) is 4. The highest BCUT2D eigenvalue weighted by Crippen LogP contribution is 1.94. The van der Waals surface area contributed by atoms with Crippen molar-refractivity contribution < 1.29 is 17.9 Å². The van der Waals surface area contributed by atoms with Crippen LogP contribution in [-0.4, -0.2) is 51.1 Å². The second-order valence-corrected chi connectivity index (χ2v) is 5.18. The van der Waals surface area contributed by atoms with E-state index in [9.17, 15) is 13.2 Å². The van der Waals surface area contributed by atoms with Crippen molar-refractivity contribution in [1.29, 1.82) is 0 Å². The van der Waals surface area contributed by atoms with Crippen molar-refractivity contribution in [3.63, 3.8) is 0 Å². The Hall–Kier alpha value is -0.780. The van der Waals surface area contributed by atoms with Crippen molar-refractivity contribution in [3.05, 3.63) is 0 Å². The number of hydrogen-bond donors (Lipinski definition) is 0. The van der Waals surface area contributed by atoms with E-state index >= 15 is 0 Å². The van der Waals surface area contributed by atoms with Crippen LogP contribution in [0.2, 0.25) is 0 Å². The molecule has 0 aliphatic carbocycles. The van der Waals surface area contributed by atoms with Crippen molar-refractivity contribution >= 4 is 15.9 Å². The Bertz CT molecular complexity index is 269. The van der Waals surface area contributed by atoms with Gasteiger partial charge in [0.1, 0.15) is 6.61 Å². The maximum Gasteiger partial charge on any atom is 0.409 e. The molecule has 14 heavy (non-hydrogen) atoms. The van der Waals surface area contributed by atoms with E-state index in [4.69, 9.17) is 4.74 Å². The predicted molar refractivity (Wildman–Crippen MR) is 54.0 cm³/mol. The van der Waals surface area contributed by atoms with Gasteiger partial charge in [-0.2, -0.15) is 0 Å². The fourth-order valence-electron chi connectivity index (χ4n) is 0.853. The molecule has 84 valence electrons. The molecule has 0 radical (unpaired) electrons. The fourth-order valence-corrected chi connectivity index (χ4v) is 1.24. The summed E-state index contributed by atoms with van der Waals surface area (Å²) in [6.45, 7) is 4.72. The molecule has 0 aromatic heterocycles. The van der Waals surface area contributed by atoms with Crippen LogP contribution >= 0.6 is 0 Å². The van der Waals surface area contributed by atoms with Gasteiger partial charge in [-0.15, -0.1) is 0 Å². The monoisotopic (exact) mass is 223 g/mol. The van der Waals surface area contributed by atoms with Gasteiger partial charge in [-0.05, 0) is 13.8 Å². The molecule has 0 N–H and O–H groups in total. The van der Waals surface area contributed by atoms with Crippen LogP contribution in [0.1, 0.15) is 13.8 Å². The van der Waals surface area contributed by atoms with Crippen LogP contribution in [-0.2, 0) is 14.6 Å². The van der Waals surface area contributed by atoms with Gasteiger partial charge >= 0.3 is 6.09 Å². The zero-order valence-corrected chi connectivity index (χ0v) is 9.63. The van der Waals surface area contributed by atoms with Crippen molar-refractivity contribution in [2.75, 3.05) is 31.7 Å². The minimum Gasteiger partial charge on any atom is -0.448 e. The Morgan fingerprint density at radius 1 is 1.29 bits per heavy atom. The largest absolute Gasteiger partial charge is 0.448 e. The predicted octanol–water partition coefficient (Wildman–Crippen LogP) is 0.509. The Kier molecular flexibility index (Phi) is 5.52. The Morgan fingerprint density at radius 3 is 2.14 bits per heavy atom. The second kappa shape index (κ2) is 5.85. The second-order valence-electron chi connectivity index (χ2n) is 2.92. The minimum absolute atomic E-state index is 0.0752. The van der Waals surface area contributed by atoms with Crippen LogP contribution < -0.4 is 0 Å². The third-order valence-corrected chi connectivity index (χ3v) is 2.61. The lowest BCUT2D eigenvalue weighted by atomic mass is 10.5. The lowest BCUT2D eigenvalue weighted by molar-refractivity contribution is 0.112. The molecule has 0 heterocycles. The molecule has 1 amide bonds. The standard InChI is InChI=1S/C8H17NO4S/c1-4-9(5-2)8(10)13-6-7-14(3,11)12/h4-7H2,1-3H3. The summed E-state index contributed by atoms with van der Waals surface area (Å²) < 4.78 is 26.2. The Morgan fingerprint density at radius 2 is 1.79 bits per heavy atom. The molecule has 5 nitrogen and oxygen atoms in total. The van der Waals surface area contributed by atoms with Gasteiger partial charge in [0.05, 0.1) is 5.75 Å². The molecular formula is C8H17NO4S. The normalized spacial score (nSPS) is 11.1. The van der Waals surface area contributed by atoms with Crippen LogP contribution in [0.4, 0.5) is 4.79 Å². The maximum absolute atomic E-state index is 11.2. The van der Waals surface area contributed by atoms with Gasteiger partial charge in [0.2, 0.25) is 0 Å². The highest BCUT2D eigenvalue weighted by atomic mass is 32.2. The summed E-state index contributed by atoms with van der Waals surface area (Å²) in [5, 5.41) is 0. The van der Waals surface area contributed by atoms with Crippen LogP contribution in [0.25, 0.3) is 0 Å². The number of carbonyl (C=O) groups excluding carboxylic acids is 1. The first-order valence-corrected chi connectivity index (χ1v) is 6.56. The highest BCUT2D eigenvalue weighted by molar-refractivity contribution is 7.90. The maximum atomic E-state index is 11.2. The van der Waals surface area contributed by atoms with Gasteiger partial charge < -0.3 is 9.64 Å². The lowest BCUT2D eigenvalue weighted by Crippen LogP contribution is -2.32. The number of nitrogens with zero attached hydrogens (tertiary/aromatic N) is 1. The molecule has 0 aromatic rings. The number of amides is 1. The van der Waals surface area contributed by atoms with Crippen molar-refractivity contribution in [2.45, 2.75) is 13.8 Å². The van der Waals surface area contributed by atoms with E-state index in [1.807, 2.05) is 13.8 Å². The van der Waals surface area contributed by atoms with Gasteiger partial charge in [-0.1, -0.05) is 0 Å². The molecule has 0 atom stereocenters. The van der Waals surface area contributed by atoms with Gasteiger partial charge in [0.25, 0.3) is 0 Å². The van der Waals surface area contributed by atoms with E-state index in [-0.39, 0.29) is 12.4 Å².